The fraction of sp³-hybridized carbons (Fsp3) is 0.846. The van der Waals surface area contributed by atoms with E-state index in [1.807, 2.05) is 0 Å². The molecule has 19 heavy (non-hydrogen) atoms. The van der Waals surface area contributed by atoms with Crippen LogP contribution >= 0.6 is 0 Å². The van der Waals surface area contributed by atoms with Gasteiger partial charge in [0, 0.05) is 26.3 Å². The molecular formula is C13H24N2O4. The highest BCUT2D eigenvalue weighted by Gasteiger charge is 2.33. The van der Waals surface area contributed by atoms with E-state index in [0.29, 0.717) is 32.0 Å². The lowest BCUT2D eigenvalue weighted by Gasteiger charge is -2.21. The van der Waals surface area contributed by atoms with Gasteiger partial charge in [-0.15, -0.1) is 0 Å². The lowest BCUT2D eigenvalue weighted by molar-refractivity contribution is -0.141. The molecular weight excluding hydrogens is 248 g/mol. The summed E-state index contributed by atoms with van der Waals surface area (Å²) in [5, 5.41) is 11.7. The van der Waals surface area contributed by atoms with Crippen molar-refractivity contribution in [1.82, 2.24) is 10.2 Å². The molecule has 0 spiro atoms. The molecule has 1 rings (SSSR count). The number of carbonyl (C=O) groups excluding carboxylic acids is 1. The summed E-state index contributed by atoms with van der Waals surface area (Å²) in [6, 6.07) is -0.953. The zero-order valence-electron chi connectivity index (χ0n) is 11.7. The van der Waals surface area contributed by atoms with E-state index in [1.54, 1.807) is 0 Å². The summed E-state index contributed by atoms with van der Waals surface area (Å²) < 4.78 is 5.40. The van der Waals surface area contributed by atoms with Crippen LogP contribution in [0.3, 0.4) is 0 Å². The predicted octanol–water partition coefficient (Wildman–Crippen LogP) is 1.31. The first kappa shape index (κ1) is 15.8. The van der Waals surface area contributed by atoms with Crippen molar-refractivity contribution in [2.45, 2.75) is 39.2 Å². The molecule has 1 fully saturated rings. The molecule has 6 heteroatoms. The normalized spacial score (nSPS) is 18.9. The Kier molecular flexibility index (Phi) is 6.62. The van der Waals surface area contributed by atoms with E-state index in [-0.39, 0.29) is 6.03 Å². The van der Waals surface area contributed by atoms with Crippen LogP contribution in [-0.4, -0.2) is 54.4 Å². The number of carbonyl (C=O) groups is 2. The number of likely N-dealkylation sites (tertiary alicyclic amines) is 1. The fourth-order valence-electron chi connectivity index (χ4n) is 2.06. The maximum Gasteiger partial charge on any atom is 0.326 e. The van der Waals surface area contributed by atoms with Crippen molar-refractivity contribution in [3.05, 3.63) is 0 Å². The maximum absolute atomic E-state index is 11.8. The molecule has 110 valence electrons. The van der Waals surface area contributed by atoms with Gasteiger partial charge in [-0.2, -0.15) is 0 Å². The average molecular weight is 272 g/mol. The van der Waals surface area contributed by atoms with Crippen molar-refractivity contribution < 1.29 is 19.4 Å². The van der Waals surface area contributed by atoms with Gasteiger partial charge in [-0.25, -0.2) is 9.59 Å². The summed E-state index contributed by atoms with van der Waals surface area (Å²) in [6.07, 6.45) is 2.03. The number of ether oxygens (including phenoxy) is 1. The monoisotopic (exact) mass is 272 g/mol. The zero-order chi connectivity index (χ0) is 14.3. The number of aliphatic carboxylic acids is 1. The largest absolute Gasteiger partial charge is 0.480 e. The van der Waals surface area contributed by atoms with E-state index in [1.165, 1.54) is 4.90 Å². The Bertz CT molecular complexity index is 307. The van der Waals surface area contributed by atoms with Crippen LogP contribution in [-0.2, 0) is 9.53 Å². The van der Waals surface area contributed by atoms with Crippen LogP contribution in [0.2, 0.25) is 0 Å². The lowest BCUT2D eigenvalue weighted by atomic mass is 10.2. The van der Waals surface area contributed by atoms with Crippen LogP contribution in [0.5, 0.6) is 0 Å². The number of hydrogen-bond donors (Lipinski definition) is 2. The van der Waals surface area contributed by atoms with Crippen LogP contribution in [0.1, 0.15) is 33.1 Å². The second-order valence-corrected chi connectivity index (χ2v) is 5.24. The van der Waals surface area contributed by atoms with E-state index in [4.69, 9.17) is 9.84 Å². The molecule has 0 unspecified atom stereocenters. The molecule has 0 bridgehead atoms. The number of hydrogen-bond acceptors (Lipinski definition) is 3. The minimum absolute atomic E-state index is 0.284. The van der Waals surface area contributed by atoms with Gasteiger partial charge in [-0.1, -0.05) is 13.8 Å². The van der Waals surface area contributed by atoms with Gasteiger partial charge in [-0.05, 0) is 25.2 Å². The number of carboxylic acids is 1. The standard InChI is InChI=1S/C13H24N2O4/c1-10(2)9-19-8-4-6-14-13(18)15-7-3-5-11(15)12(16)17/h10-11H,3-9H2,1-2H3,(H,14,18)(H,16,17)/t11-/m0/s1. The van der Waals surface area contributed by atoms with E-state index < -0.39 is 12.0 Å². The van der Waals surface area contributed by atoms with E-state index in [0.717, 1.165) is 19.4 Å². The van der Waals surface area contributed by atoms with Gasteiger partial charge < -0.3 is 20.1 Å². The molecule has 2 N–H and O–H groups in total. The number of urea groups is 1. The fourth-order valence-corrected chi connectivity index (χ4v) is 2.06. The number of amides is 2. The molecule has 0 radical (unpaired) electrons. The Balaban J connectivity index is 2.15. The molecule has 6 nitrogen and oxygen atoms in total. The Morgan fingerprint density at radius 3 is 2.84 bits per heavy atom. The van der Waals surface area contributed by atoms with Gasteiger partial charge in [0.2, 0.25) is 0 Å². The highest BCUT2D eigenvalue weighted by atomic mass is 16.5. The third-order valence-corrected chi connectivity index (χ3v) is 2.99. The maximum atomic E-state index is 11.8. The minimum atomic E-state index is -0.923. The van der Waals surface area contributed by atoms with E-state index in [9.17, 15) is 9.59 Å². The third kappa shape index (κ3) is 5.46. The average Bonchev–Trinajstić information content (AvgIpc) is 2.82. The summed E-state index contributed by atoms with van der Waals surface area (Å²) in [6.45, 7) is 6.54. The Hall–Kier alpha value is -1.30. The molecule has 1 aliphatic heterocycles. The van der Waals surface area contributed by atoms with Crippen LogP contribution in [0.4, 0.5) is 4.79 Å². The predicted molar refractivity (Wildman–Crippen MR) is 71.0 cm³/mol. The summed E-state index contributed by atoms with van der Waals surface area (Å²) in [4.78, 5) is 24.2. The number of rotatable bonds is 7. The molecule has 0 aromatic carbocycles. The first-order valence-electron chi connectivity index (χ1n) is 6.87. The molecule has 0 saturated carbocycles. The number of nitrogens with one attached hydrogen (secondary N) is 1. The van der Waals surface area contributed by atoms with Gasteiger partial charge in [0.15, 0.2) is 0 Å². The van der Waals surface area contributed by atoms with Crippen molar-refractivity contribution in [3.8, 4) is 0 Å². The van der Waals surface area contributed by atoms with Gasteiger partial charge in [0.05, 0.1) is 0 Å². The molecule has 0 aromatic rings. The van der Waals surface area contributed by atoms with Crippen LogP contribution in [0, 0.1) is 5.92 Å². The SMILES string of the molecule is CC(C)COCCCNC(=O)N1CCC[C@H]1C(=O)O. The molecule has 1 saturated heterocycles. The Morgan fingerprint density at radius 1 is 1.47 bits per heavy atom. The van der Waals surface area contributed by atoms with Crippen molar-refractivity contribution in [2.24, 2.45) is 5.92 Å². The van der Waals surface area contributed by atoms with Gasteiger partial charge >= 0.3 is 12.0 Å². The van der Waals surface area contributed by atoms with Crippen LogP contribution in [0.25, 0.3) is 0 Å². The van der Waals surface area contributed by atoms with Gasteiger partial charge in [0.25, 0.3) is 0 Å². The first-order valence-corrected chi connectivity index (χ1v) is 6.87. The molecule has 0 aliphatic carbocycles. The van der Waals surface area contributed by atoms with Crippen LogP contribution in [0.15, 0.2) is 0 Å². The molecule has 1 heterocycles. The minimum Gasteiger partial charge on any atom is -0.480 e. The summed E-state index contributed by atoms with van der Waals surface area (Å²) in [5.41, 5.74) is 0. The highest BCUT2D eigenvalue weighted by molar-refractivity contribution is 5.83. The molecule has 1 atom stereocenters. The zero-order valence-corrected chi connectivity index (χ0v) is 11.7. The smallest absolute Gasteiger partial charge is 0.326 e. The molecule has 1 aliphatic rings. The first-order chi connectivity index (χ1) is 9.02. The van der Waals surface area contributed by atoms with Crippen molar-refractivity contribution in [1.29, 1.82) is 0 Å². The van der Waals surface area contributed by atoms with Crippen molar-refractivity contribution >= 4 is 12.0 Å². The molecule has 0 aromatic heterocycles. The highest BCUT2D eigenvalue weighted by Crippen LogP contribution is 2.17. The second kappa shape index (κ2) is 7.99. The van der Waals surface area contributed by atoms with E-state index >= 15 is 0 Å². The Labute approximate surface area is 114 Å². The third-order valence-electron chi connectivity index (χ3n) is 2.99. The quantitative estimate of drug-likeness (QED) is 0.685. The van der Waals surface area contributed by atoms with Gasteiger partial charge in [-0.3, -0.25) is 0 Å². The number of nitrogens with zero attached hydrogens (tertiary/aromatic N) is 1. The van der Waals surface area contributed by atoms with E-state index in [2.05, 4.69) is 19.2 Å². The Morgan fingerprint density at radius 2 is 2.21 bits per heavy atom. The lowest BCUT2D eigenvalue weighted by Crippen LogP contribution is -2.46. The van der Waals surface area contributed by atoms with Crippen LogP contribution < -0.4 is 5.32 Å². The summed E-state index contributed by atoms with van der Waals surface area (Å²) in [7, 11) is 0. The van der Waals surface area contributed by atoms with Gasteiger partial charge in [0.1, 0.15) is 6.04 Å². The topological polar surface area (TPSA) is 78.9 Å². The second-order valence-electron chi connectivity index (χ2n) is 5.24. The summed E-state index contributed by atoms with van der Waals surface area (Å²) >= 11 is 0. The van der Waals surface area contributed by atoms with Crippen molar-refractivity contribution in [2.75, 3.05) is 26.3 Å². The summed E-state index contributed by atoms with van der Waals surface area (Å²) in [5.74, 6) is -0.413. The molecule has 2 amide bonds. The van der Waals surface area contributed by atoms with Crippen molar-refractivity contribution in [3.63, 3.8) is 0 Å². The number of carboxylic acid groups (broad SMARTS) is 1.